The van der Waals surface area contributed by atoms with E-state index in [2.05, 4.69) is 5.32 Å². The van der Waals surface area contributed by atoms with Gasteiger partial charge in [0.05, 0.1) is 19.8 Å². The largest absolute Gasteiger partial charge is 0.350 e. The molecule has 0 saturated carbocycles. The second kappa shape index (κ2) is 7.21. The molecule has 0 spiro atoms. The molecule has 0 unspecified atom stereocenters. The first-order valence-corrected chi connectivity index (χ1v) is 8.49. The van der Waals surface area contributed by atoms with E-state index in [1.54, 1.807) is 16.3 Å². The molecule has 3 heterocycles. The third kappa shape index (κ3) is 3.66. The van der Waals surface area contributed by atoms with E-state index in [9.17, 15) is 9.59 Å². The quantitative estimate of drug-likeness (QED) is 0.900. The third-order valence-electron chi connectivity index (χ3n) is 4.11. The Hall–Kier alpha value is -1.44. The van der Waals surface area contributed by atoms with Crippen LogP contribution >= 0.6 is 11.3 Å². The maximum absolute atomic E-state index is 12.2. The van der Waals surface area contributed by atoms with Crippen molar-refractivity contribution in [3.63, 3.8) is 0 Å². The Kier molecular flexibility index (Phi) is 5.07. The molecule has 0 radical (unpaired) electrons. The van der Waals surface area contributed by atoms with Crippen LogP contribution in [-0.4, -0.2) is 55.9 Å². The molecule has 2 fully saturated rings. The van der Waals surface area contributed by atoms with E-state index < -0.39 is 0 Å². The van der Waals surface area contributed by atoms with Crippen LogP contribution in [-0.2, 0) is 14.3 Å². The van der Waals surface area contributed by atoms with E-state index in [1.165, 1.54) is 11.3 Å². The van der Waals surface area contributed by atoms with Crippen molar-refractivity contribution >= 4 is 23.2 Å². The molecule has 22 heavy (non-hydrogen) atoms. The monoisotopic (exact) mass is 324 g/mol. The number of carbonyl (C=O) groups excluding carboxylic acids is 2. The van der Waals surface area contributed by atoms with Crippen LogP contribution in [0.15, 0.2) is 16.8 Å². The predicted octanol–water partition coefficient (Wildman–Crippen LogP) is 1.09. The van der Waals surface area contributed by atoms with Crippen molar-refractivity contribution in [1.29, 1.82) is 0 Å². The molecule has 0 aliphatic carbocycles. The van der Waals surface area contributed by atoms with Gasteiger partial charge in [0.25, 0.3) is 5.91 Å². The van der Waals surface area contributed by atoms with Crippen LogP contribution in [0.4, 0.5) is 0 Å². The minimum absolute atomic E-state index is 0.0321. The van der Waals surface area contributed by atoms with Crippen molar-refractivity contribution in [2.45, 2.75) is 19.1 Å². The summed E-state index contributed by atoms with van der Waals surface area (Å²) in [7, 11) is 0. The van der Waals surface area contributed by atoms with Crippen LogP contribution in [0.3, 0.4) is 0 Å². The molecule has 6 nitrogen and oxygen atoms in total. The predicted molar refractivity (Wildman–Crippen MR) is 81.6 cm³/mol. The van der Waals surface area contributed by atoms with E-state index >= 15 is 0 Å². The number of hydrogen-bond acceptors (Lipinski definition) is 5. The molecule has 2 aliphatic rings. The van der Waals surface area contributed by atoms with Gasteiger partial charge in [-0.05, 0) is 24.3 Å². The highest BCUT2D eigenvalue weighted by molar-refractivity contribution is 7.08. The highest BCUT2D eigenvalue weighted by Crippen LogP contribution is 2.25. The molecule has 0 aromatic carbocycles. The first-order chi connectivity index (χ1) is 10.7. The fourth-order valence-electron chi connectivity index (χ4n) is 2.83. The fourth-order valence-corrected chi connectivity index (χ4v) is 3.47. The summed E-state index contributed by atoms with van der Waals surface area (Å²) in [5.74, 6) is 0.138. The van der Waals surface area contributed by atoms with Crippen molar-refractivity contribution in [1.82, 2.24) is 10.2 Å². The summed E-state index contributed by atoms with van der Waals surface area (Å²) >= 11 is 1.46. The molecule has 0 atom stereocenters. The fraction of sp³-hybridized carbons (Fsp3) is 0.600. The van der Waals surface area contributed by atoms with Crippen LogP contribution in [0, 0.1) is 5.92 Å². The van der Waals surface area contributed by atoms with Gasteiger partial charge in [-0.1, -0.05) is 0 Å². The second-order valence-electron chi connectivity index (χ2n) is 5.52. The lowest BCUT2D eigenvalue weighted by molar-refractivity contribution is -0.135. The summed E-state index contributed by atoms with van der Waals surface area (Å²) in [5.41, 5.74) is 0.604. The smallest absolute Gasteiger partial charge is 0.252 e. The summed E-state index contributed by atoms with van der Waals surface area (Å²) in [4.78, 5) is 25.8. The summed E-state index contributed by atoms with van der Waals surface area (Å²) in [6.07, 6.45) is 1.67. The van der Waals surface area contributed by atoms with Crippen molar-refractivity contribution in [2.75, 3.05) is 32.8 Å². The van der Waals surface area contributed by atoms with Gasteiger partial charge in [0.1, 0.15) is 0 Å². The van der Waals surface area contributed by atoms with E-state index in [0.717, 1.165) is 12.8 Å². The number of thiophene rings is 1. The van der Waals surface area contributed by atoms with Gasteiger partial charge in [0.2, 0.25) is 5.91 Å². The summed E-state index contributed by atoms with van der Waals surface area (Å²) in [6, 6.07) is 1.75. The molecule has 2 amide bonds. The molecule has 120 valence electrons. The van der Waals surface area contributed by atoms with Crippen molar-refractivity contribution in [3.8, 4) is 0 Å². The Morgan fingerprint density at radius 3 is 2.64 bits per heavy atom. The van der Waals surface area contributed by atoms with Gasteiger partial charge in [-0.2, -0.15) is 11.3 Å². The molecule has 3 rings (SSSR count). The maximum atomic E-state index is 12.2. The molecule has 1 aromatic rings. The van der Waals surface area contributed by atoms with E-state index in [1.807, 2.05) is 5.38 Å². The van der Waals surface area contributed by atoms with Crippen LogP contribution in [0.1, 0.15) is 23.2 Å². The van der Waals surface area contributed by atoms with Crippen LogP contribution in [0.5, 0.6) is 0 Å². The van der Waals surface area contributed by atoms with Crippen LogP contribution in [0.25, 0.3) is 0 Å². The lowest BCUT2D eigenvalue weighted by atomic mass is 9.96. The van der Waals surface area contributed by atoms with Gasteiger partial charge in [0.15, 0.2) is 6.29 Å². The zero-order chi connectivity index (χ0) is 15.4. The Morgan fingerprint density at radius 2 is 2.00 bits per heavy atom. The molecule has 2 aliphatic heterocycles. The second-order valence-corrected chi connectivity index (χ2v) is 6.30. The molecular weight excluding hydrogens is 304 g/mol. The van der Waals surface area contributed by atoms with Gasteiger partial charge < -0.3 is 19.7 Å². The highest BCUT2D eigenvalue weighted by Gasteiger charge is 2.31. The first kappa shape index (κ1) is 15.5. The normalized spacial score (nSPS) is 20.3. The summed E-state index contributed by atoms with van der Waals surface area (Å²) in [6.45, 7) is 2.77. The number of rotatable bonds is 4. The standard InChI is InChI=1S/C15H20N2O4S/c18-13(9-16-14(19)12-3-8-22-10-12)17-4-1-11(2-5-17)15-20-6-7-21-15/h3,8,10-11,15H,1-2,4-7,9H2,(H,16,19). The Balaban J connectivity index is 1.41. The topological polar surface area (TPSA) is 67.9 Å². The van der Waals surface area contributed by atoms with E-state index in [0.29, 0.717) is 37.8 Å². The maximum Gasteiger partial charge on any atom is 0.252 e. The van der Waals surface area contributed by atoms with E-state index in [4.69, 9.17) is 9.47 Å². The molecule has 7 heteroatoms. The Morgan fingerprint density at radius 1 is 1.27 bits per heavy atom. The molecule has 2 saturated heterocycles. The average Bonchev–Trinajstić information content (AvgIpc) is 3.25. The van der Waals surface area contributed by atoms with Gasteiger partial charge in [-0.25, -0.2) is 0 Å². The van der Waals surface area contributed by atoms with Crippen LogP contribution in [0.2, 0.25) is 0 Å². The zero-order valence-electron chi connectivity index (χ0n) is 12.3. The van der Waals surface area contributed by atoms with Gasteiger partial charge in [-0.15, -0.1) is 0 Å². The van der Waals surface area contributed by atoms with E-state index in [-0.39, 0.29) is 24.6 Å². The van der Waals surface area contributed by atoms with Gasteiger partial charge >= 0.3 is 0 Å². The van der Waals surface area contributed by atoms with Gasteiger partial charge in [-0.3, -0.25) is 9.59 Å². The minimum atomic E-state index is -0.197. The lowest BCUT2D eigenvalue weighted by Gasteiger charge is -2.33. The molecular formula is C15H20N2O4S. The van der Waals surface area contributed by atoms with Gasteiger partial charge in [0, 0.05) is 30.0 Å². The molecule has 0 bridgehead atoms. The Labute approximate surface area is 133 Å². The highest BCUT2D eigenvalue weighted by atomic mass is 32.1. The van der Waals surface area contributed by atoms with Crippen LogP contribution < -0.4 is 5.32 Å². The van der Waals surface area contributed by atoms with Crippen molar-refractivity contribution < 1.29 is 19.1 Å². The molecule has 1 aromatic heterocycles. The molecule has 1 N–H and O–H groups in total. The zero-order valence-corrected chi connectivity index (χ0v) is 13.1. The first-order valence-electron chi connectivity index (χ1n) is 7.55. The Bertz CT molecular complexity index is 506. The number of nitrogens with one attached hydrogen (secondary N) is 1. The van der Waals surface area contributed by atoms with Crippen molar-refractivity contribution in [2.24, 2.45) is 5.92 Å². The lowest BCUT2D eigenvalue weighted by Crippen LogP contribution is -2.45. The summed E-state index contributed by atoms with van der Waals surface area (Å²) < 4.78 is 11.1. The number of piperidine rings is 1. The number of nitrogens with zero attached hydrogens (tertiary/aromatic N) is 1. The average molecular weight is 324 g/mol. The minimum Gasteiger partial charge on any atom is -0.350 e. The number of amides is 2. The number of ether oxygens (including phenoxy) is 2. The summed E-state index contributed by atoms with van der Waals surface area (Å²) in [5, 5.41) is 6.29. The number of likely N-dealkylation sites (tertiary alicyclic amines) is 1. The number of carbonyl (C=O) groups is 2. The third-order valence-corrected chi connectivity index (χ3v) is 4.79. The SMILES string of the molecule is O=C(NCC(=O)N1CCC(C2OCCO2)CC1)c1ccsc1. The number of hydrogen-bond donors (Lipinski definition) is 1. The van der Waals surface area contributed by atoms with Crippen molar-refractivity contribution in [3.05, 3.63) is 22.4 Å².